The van der Waals surface area contributed by atoms with E-state index >= 15 is 0 Å². The van der Waals surface area contributed by atoms with Crippen LogP contribution in [0.2, 0.25) is 0 Å². The van der Waals surface area contributed by atoms with Crippen molar-refractivity contribution in [1.82, 2.24) is 4.90 Å². The van der Waals surface area contributed by atoms with Gasteiger partial charge < -0.3 is 9.64 Å². The summed E-state index contributed by atoms with van der Waals surface area (Å²) in [7, 11) is 0. The van der Waals surface area contributed by atoms with Crippen LogP contribution in [0.3, 0.4) is 0 Å². The molecule has 2 nitrogen and oxygen atoms in total. The number of benzene rings is 1. The van der Waals surface area contributed by atoms with E-state index in [4.69, 9.17) is 4.74 Å². The number of aryl methyl sites for hydroxylation is 1. The van der Waals surface area contributed by atoms with E-state index < -0.39 is 0 Å². The van der Waals surface area contributed by atoms with Crippen molar-refractivity contribution in [2.75, 3.05) is 13.1 Å². The summed E-state index contributed by atoms with van der Waals surface area (Å²) >= 11 is 0. The van der Waals surface area contributed by atoms with Crippen LogP contribution in [-0.4, -0.2) is 29.6 Å². The summed E-state index contributed by atoms with van der Waals surface area (Å²) in [5.41, 5.74) is 2.90. The lowest BCUT2D eigenvalue weighted by Crippen LogP contribution is -2.35. The highest BCUT2D eigenvalue weighted by atomic mass is 16.5. The van der Waals surface area contributed by atoms with Crippen LogP contribution in [0.15, 0.2) is 18.2 Å². The zero-order chi connectivity index (χ0) is 12.9. The van der Waals surface area contributed by atoms with Gasteiger partial charge >= 0.3 is 0 Å². The highest BCUT2D eigenvalue weighted by Gasteiger charge is 2.43. The maximum absolute atomic E-state index is 6.41. The molecule has 1 aromatic carbocycles. The van der Waals surface area contributed by atoms with E-state index in [2.05, 4.69) is 30.0 Å². The Morgan fingerprint density at radius 2 is 2.16 bits per heavy atom. The molecule has 2 heteroatoms. The van der Waals surface area contributed by atoms with Gasteiger partial charge in [0.2, 0.25) is 0 Å². The molecule has 1 aromatic rings. The number of nitrogens with zero attached hydrogens (tertiary/aromatic N) is 1. The quantitative estimate of drug-likeness (QED) is 0.707. The molecule has 0 N–H and O–H groups in total. The van der Waals surface area contributed by atoms with E-state index in [1.54, 1.807) is 0 Å². The summed E-state index contributed by atoms with van der Waals surface area (Å²) in [4.78, 5) is 2.70. The van der Waals surface area contributed by atoms with Crippen molar-refractivity contribution in [3.63, 3.8) is 0 Å². The molecule has 4 rings (SSSR count). The van der Waals surface area contributed by atoms with E-state index in [1.807, 2.05) is 0 Å². The smallest absolute Gasteiger partial charge is 0.123 e. The van der Waals surface area contributed by atoms with Crippen LogP contribution in [0, 0.1) is 6.92 Å². The molecule has 102 valence electrons. The summed E-state index contributed by atoms with van der Waals surface area (Å²) in [6.45, 7) is 4.72. The summed E-state index contributed by atoms with van der Waals surface area (Å²) < 4.78 is 6.41. The SMILES string of the molecule is Cc1ccc2c(c1)CC1(CCC3CCCN3CC1)O2. The van der Waals surface area contributed by atoms with Crippen molar-refractivity contribution < 1.29 is 4.74 Å². The minimum atomic E-state index is 0.112. The zero-order valence-corrected chi connectivity index (χ0v) is 11.8. The maximum atomic E-state index is 6.41. The third-order valence-electron chi connectivity index (χ3n) is 5.34. The molecule has 0 aliphatic carbocycles. The van der Waals surface area contributed by atoms with Crippen LogP contribution in [0.1, 0.15) is 43.2 Å². The molecule has 0 radical (unpaired) electrons. The molecule has 2 fully saturated rings. The van der Waals surface area contributed by atoms with E-state index in [-0.39, 0.29) is 5.60 Å². The lowest BCUT2D eigenvalue weighted by Gasteiger charge is -2.27. The summed E-state index contributed by atoms with van der Waals surface area (Å²) in [6, 6.07) is 7.50. The second-order valence-corrected chi connectivity index (χ2v) is 6.69. The molecule has 0 aromatic heterocycles. The van der Waals surface area contributed by atoms with Gasteiger partial charge in [-0.2, -0.15) is 0 Å². The van der Waals surface area contributed by atoms with Gasteiger partial charge in [0.25, 0.3) is 0 Å². The van der Waals surface area contributed by atoms with Crippen molar-refractivity contribution >= 4 is 0 Å². The first-order chi connectivity index (χ1) is 9.24. The first kappa shape index (κ1) is 11.8. The number of rotatable bonds is 0. The molecule has 19 heavy (non-hydrogen) atoms. The third-order valence-corrected chi connectivity index (χ3v) is 5.34. The molecule has 2 unspecified atom stereocenters. The molecule has 3 aliphatic heterocycles. The monoisotopic (exact) mass is 257 g/mol. The highest BCUT2D eigenvalue weighted by Crippen LogP contribution is 2.43. The minimum Gasteiger partial charge on any atom is -0.487 e. The molecule has 3 heterocycles. The Balaban J connectivity index is 1.57. The normalized spacial score (nSPS) is 33.8. The predicted molar refractivity (Wildman–Crippen MR) is 76.7 cm³/mol. The lowest BCUT2D eigenvalue weighted by atomic mass is 9.88. The van der Waals surface area contributed by atoms with Crippen LogP contribution in [0.4, 0.5) is 0 Å². The fraction of sp³-hybridized carbons (Fsp3) is 0.647. The van der Waals surface area contributed by atoms with Crippen LogP contribution in [-0.2, 0) is 6.42 Å². The number of hydrogen-bond donors (Lipinski definition) is 0. The van der Waals surface area contributed by atoms with Crippen LogP contribution in [0.5, 0.6) is 5.75 Å². The average molecular weight is 257 g/mol. The first-order valence-electron chi connectivity index (χ1n) is 7.77. The van der Waals surface area contributed by atoms with Gasteiger partial charge in [0.05, 0.1) is 0 Å². The van der Waals surface area contributed by atoms with Crippen LogP contribution >= 0.6 is 0 Å². The molecule has 0 bridgehead atoms. The third kappa shape index (κ3) is 1.97. The van der Waals surface area contributed by atoms with Crippen molar-refractivity contribution in [2.24, 2.45) is 0 Å². The Kier molecular flexibility index (Phi) is 2.63. The Bertz CT molecular complexity index is 482. The lowest BCUT2D eigenvalue weighted by molar-refractivity contribution is 0.0771. The minimum absolute atomic E-state index is 0.112. The zero-order valence-electron chi connectivity index (χ0n) is 11.8. The molecule has 0 amide bonds. The van der Waals surface area contributed by atoms with Crippen molar-refractivity contribution in [3.05, 3.63) is 29.3 Å². The van der Waals surface area contributed by atoms with Crippen molar-refractivity contribution in [2.45, 2.75) is 57.1 Å². The largest absolute Gasteiger partial charge is 0.487 e. The van der Waals surface area contributed by atoms with E-state index in [9.17, 15) is 0 Å². The molecule has 2 saturated heterocycles. The molecular formula is C17H23NO. The van der Waals surface area contributed by atoms with E-state index in [1.165, 1.54) is 56.3 Å². The highest BCUT2D eigenvalue weighted by molar-refractivity contribution is 5.42. The Morgan fingerprint density at radius 3 is 3.11 bits per heavy atom. The molecular weight excluding hydrogens is 234 g/mol. The molecule has 0 saturated carbocycles. The molecule has 2 atom stereocenters. The van der Waals surface area contributed by atoms with Crippen molar-refractivity contribution in [3.8, 4) is 5.75 Å². The van der Waals surface area contributed by atoms with Gasteiger partial charge in [-0.3, -0.25) is 0 Å². The standard InChI is InChI=1S/C17H23NO/c1-13-4-5-16-14(11-13)12-17(19-16)7-6-15-3-2-9-18(15)10-8-17/h4-5,11,15H,2-3,6-10,12H2,1H3. The number of ether oxygens (including phenoxy) is 1. The summed E-state index contributed by atoms with van der Waals surface area (Å²) in [5.74, 6) is 1.15. The predicted octanol–water partition coefficient (Wildman–Crippen LogP) is 3.32. The number of hydrogen-bond acceptors (Lipinski definition) is 2. The summed E-state index contributed by atoms with van der Waals surface area (Å²) in [6.07, 6.45) is 7.71. The van der Waals surface area contributed by atoms with Gasteiger partial charge in [0.15, 0.2) is 0 Å². The summed E-state index contributed by atoms with van der Waals surface area (Å²) in [5, 5.41) is 0. The Hall–Kier alpha value is -1.02. The topological polar surface area (TPSA) is 12.5 Å². The van der Waals surface area contributed by atoms with Gasteiger partial charge in [-0.05, 0) is 50.8 Å². The van der Waals surface area contributed by atoms with Crippen LogP contribution in [0.25, 0.3) is 0 Å². The molecule has 3 aliphatic rings. The fourth-order valence-corrected chi connectivity index (χ4v) is 4.26. The molecule has 1 spiro atoms. The Morgan fingerprint density at radius 1 is 1.21 bits per heavy atom. The van der Waals surface area contributed by atoms with Gasteiger partial charge in [-0.15, -0.1) is 0 Å². The maximum Gasteiger partial charge on any atom is 0.123 e. The first-order valence-corrected chi connectivity index (χ1v) is 7.77. The Labute approximate surface area is 115 Å². The van der Waals surface area contributed by atoms with Crippen LogP contribution < -0.4 is 4.74 Å². The van der Waals surface area contributed by atoms with Gasteiger partial charge in [-0.25, -0.2) is 0 Å². The van der Waals surface area contributed by atoms with Gasteiger partial charge in [-0.1, -0.05) is 17.7 Å². The average Bonchev–Trinajstić information content (AvgIpc) is 2.94. The second kappa shape index (κ2) is 4.24. The van der Waals surface area contributed by atoms with Crippen molar-refractivity contribution in [1.29, 1.82) is 0 Å². The number of fused-ring (bicyclic) bond motifs is 2. The fourth-order valence-electron chi connectivity index (χ4n) is 4.26. The van der Waals surface area contributed by atoms with E-state index in [0.717, 1.165) is 18.2 Å². The second-order valence-electron chi connectivity index (χ2n) is 6.69. The van der Waals surface area contributed by atoms with E-state index in [0.29, 0.717) is 0 Å². The van der Waals surface area contributed by atoms with Gasteiger partial charge in [0.1, 0.15) is 11.4 Å². The van der Waals surface area contributed by atoms with Gasteiger partial charge in [0, 0.05) is 25.4 Å².